The molecule has 0 aromatic heterocycles. The standard InChI is InChI=1S/C13H20O4/c1-6-7-8-11(12(14)16-9(2)3)13(15)17-10(4)5/h1,9-11H,7-8H2,2-5H3. The van der Waals surface area contributed by atoms with Gasteiger partial charge < -0.3 is 9.47 Å². The molecule has 0 aliphatic rings. The van der Waals surface area contributed by atoms with Crippen molar-refractivity contribution >= 4 is 11.9 Å². The van der Waals surface area contributed by atoms with E-state index in [2.05, 4.69) is 5.92 Å². The number of esters is 2. The molecule has 0 saturated carbocycles. The summed E-state index contributed by atoms with van der Waals surface area (Å²) < 4.78 is 10.0. The molecule has 0 fully saturated rings. The number of terminal acetylenes is 1. The molecule has 4 nitrogen and oxygen atoms in total. The van der Waals surface area contributed by atoms with E-state index in [-0.39, 0.29) is 18.6 Å². The van der Waals surface area contributed by atoms with Crippen LogP contribution in [0.4, 0.5) is 0 Å². The zero-order valence-corrected chi connectivity index (χ0v) is 10.9. The Morgan fingerprint density at radius 1 is 1.06 bits per heavy atom. The van der Waals surface area contributed by atoms with E-state index in [0.717, 1.165) is 0 Å². The van der Waals surface area contributed by atoms with Crippen molar-refractivity contribution in [1.82, 2.24) is 0 Å². The van der Waals surface area contributed by atoms with Gasteiger partial charge in [0, 0.05) is 6.42 Å². The zero-order chi connectivity index (χ0) is 13.4. The second-order valence-electron chi connectivity index (χ2n) is 4.27. The Labute approximate surface area is 103 Å². The van der Waals surface area contributed by atoms with E-state index in [0.29, 0.717) is 6.42 Å². The molecule has 0 rings (SSSR count). The van der Waals surface area contributed by atoms with Crippen LogP contribution in [0.15, 0.2) is 0 Å². The van der Waals surface area contributed by atoms with Gasteiger partial charge in [-0.15, -0.1) is 12.3 Å². The van der Waals surface area contributed by atoms with Crippen molar-refractivity contribution in [3.8, 4) is 12.3 Å². The highest BCUT2D eigenvalue weighted by molar-refractivity contribution is 5.95. The van der Waals surface area contributed by atoms with E-state index in [1.807, 2.05) is 0 Å². The molecule has 0 heterocycles. The number of hydrogen-bond donors (Lipinski definition) is 0. The molecule has 0 saturated heterocycles. The SMILES string of the molecule is C#CCCC(C(=O)OC(C)C)C(=O)OC(C)C. The van der Waals surface area contributed by atoms with E-state index in [1.54, 1.807) is 27.7 Å². The predicted molar refractivity (Wildman–Crippen MR) is 64.0 cm³/mol. The van der Waals surface area contributed by atoms with Crippen LogP contribution in [-0.2, 0) is 19.1 Å². The Kier molecular flexibility index (Phi) is 7.04. The van der Waals surface area contributed by atoms with Crippen molar-refractivity contribution in [2.24, 2.45) is 5.92 Å². The van der Waals surface area contributed by atoms with E-state index in [4.69, 9.17) is 15.9 Å². The summed E-state index contributed by atoms with van der Waals surface area (Å²) in [4.78, 5) is 23.4. The van der Waals surface area contributed by atoms with Gasteiger partial charge in [0.05, 0.1) is 12.2 Å². The fourth-order valence-electron chi connectivity index (χ4n) is 1.19. The number of carbonyl (C=O) groups excluding carboxylic acids is 2. The van der Waals surface area contributed by atoms with Gasteiger partial charge in [0.25, 0.3) is 0 Å². The molecular weight excluding hydrogens is 220 g/mol. The fourth-order valence-corrected chi connectivity index (χ4v) is 1.19. The number of rotatable bonds is 6. The highest BCUT2D eigenvalue weighted by Gasteiger charge is 2.30. The minimum Gasteiger partial charge on any atom is -0.462 e. The number of hydrogen-bond acceptors (Lipinski definition) is 4. The minimum absolute atomic E-state index is 0.258. The Morgan fingerprint density at radius 2 is 1.47 bits per heavy atom. The lowest BCUT2D eigenvalue weighted by Gasteiger charge is -2.17. The summed E-state index contributed by atoms with van der Waals surface area (Å²) in [6.07, 6.45) is 5.20. The molecule has 17 heavy (non-hydrogen) atoms. The summed E-state index contributed by atoms with van der Waals surface area (Å²) in [7, 11) is 0. The molecule has 0 spiro atoms. The van der Waals surface area contributed by atoms with Crippen LogP contribution in [0.25, 0.3) is 0 Å². The maximum atomic E-state index is 11.7. The summed E-state index contributed by atoms with van der Waals surface area (Å²) in [6.45, 7) is 6.90. The molecule has 0 amide bonds. The predicted octanol–water partition coefficient (Wildman–Crippen LogP) is 1.92. The number of ether oxygens (including phenoxy) is 2. The van der Waals surface area contributed by atoms with Gasteiger partial charge in [-0.05, 0) is 34.1 Å². The van der Waals surface area contributed by atoms with Crippen molar-refractivity contribution in [3.63, 3.8) is 0 Å². The van der Waals surface area contributed by atoms with Gasteiger partial charge in [0.15, 0.2) is 5.92 Å². The molecule has 0 atom stereocenters. The maximum Gasteiger partial charge on any atom is 0.320 e. The van der Waals surface area contributed by atoms with Gasteiger partial charge in [0.1, 0.15) is 0 Å². The van der Waals surface area contributed by atoms with Crippen LogP contribution >= 0.6 is 0 Å². The molecule has 96 valence electrons. The van der Waals surface area contributed by atoms with Crippen LogP contribution in [0.5, 0.6) is 0 Å². The second-order valence-corrected chi connectivity index (χ2v) is 4.27. The van der Waals surface area contributed by atoms with Gasteiger partial charge in [-0.2, -0.15) is 0 Å². The molecule has 0 radical (unpaired) electrons. The van der Waals surface area contributed by atoms with Crippen molar-refractivity contribution < 1.29 is 19.1 Å². The molecule has 0 aromatic carbocycles. The third-order valence-electron chi connectivity index (χ3n) is 1.85. The molecule has 0 bridgehead atoms. The smallest absolute Gasteiger partial charge is 0.320 e. The summed E-state index contributed by atoms with van der Waals surface area (Å²) in [5.41, 5.74) is 0. The molecule has 0 aromatic rings. The summed E-state index contributed by atoms with van der Waals surface area (Å²) in [5, 5.41) is 0. The quantitative estimate of drug-likeness (QED) is 0.404. The molecule has 0 aliphatic heterocycles. The van der Waals surface area contributed by atoms with Crippen LogP contribution in [0.2, 0.25) is 0 Å². The average Bonchev–Trinajstić information content (AvgIpc) is 2.15. The van der Waals surface area contributed by atoms with E-state index < -0.39 is 17.9 Å². The van der Waals surface area contributed by atoms with Crippen LogP contribution in [0.3, 0.4) is 0 Å². The van der Waals surface area contributed by atoms with E-state index in [9.17, 15) is 9.59 Å². The maximum absolute atomic E-state index is 11.7. The van der Waals surface area contributed by atoms with Gasteiger partial charge in [-0.25, -0.2) is 0 Å². The van der Waals surface area contributed by atoms with Gasteiger partial charge in [0.2, 0.25) is 0 Å². The lowest BCUT2D eigenvalue weighted by Crippen LogP contribution is -2.31. The van der Waals surface area contributed by atoms with Crippen molar-refractivity contribution in [2.75, 3.05) is 0 Å². The van der Waals surface area contributed by atoms with Crippen LogP contribution in [0, 0.1) is 18.3 Å². The molecular formula is C13H20O4. The normalized spacial score (nSPS) is 10.5. The van der Waals surface area contributed by atoms with Gasteiger partial charge in [-0.1, -0.05) is 0 Å². The monoisotopic (exact) mass is 240 g/mol. The van der Waals surface area contributed by atoms with E-state index >= 15 is 0 Å². The Hall–Kier alpha value is -1.50. The van der Waals surface area contributed by atoms with Crippen molar-refractivity contribution in [1.29, 1.82) is 0 Å². The topological polar surface area (TPSA) is 52.6 Å². The molecule has 0 N–H and O–H groups in total. The van der Waals surface area contributed by atoms with Crippen molar-refractivity contribution in [3.05, 3.63) is 0 Å². The minimum atomic E-state index is -0.921. The Balaban J connectivity index is 4.57. The average molecular weight is 240 g/mol. The second kappa shape index (κ2) is 7.72. The molecule has 0 unspecified atom stereocenters. The first-order chi connectivity index (χ1) is 7.88. The highest BCUT2D eigenvalue weighted by atomic mass is 16.6. The zero-order valence-electron chi connectivity index (χ0n) is 10.9. The van der Waals surface area contributed by atoms with Crippen molar-refractivity contribution in [2.45, 2.75) is 52.7 Å². The lowest BCUT2D eigenvalue weighted by atomic mass is 10.0. The van der Waals surface area contributed by atoms with Crippen LogP contribution in [0.1, 0.15) is 40.5 Å². The Morgan fingerprint density at radius 3 is 1.76 bits per heavy atom. The summed E-state index contributed by atoms with van der Waals surface area (Å²) in [6, 6.07) is 0. The Bertz CT molecular complexity index is 277. The summed E-state index contributed by atoms with van der Waals surface area (Å²) >= 11 is 0. The molecule has 0 aliphatic carbocycles. The first-order valence-electron chi connectivity index (χ1n) is 5.73. The largest absolute Gasteiger partial charge is 0.462 e. The first-order valence-corrected chi connectivity index (χ1v) is 5.73. The lowest BCUT2D eigenvalue weighted by molar-refractivity contribution is -0.166. The van der Waals surface area contributed by atoms with Crippen LogP contribution in [-0.4, -0.2) is 24.1 Å². The van der Waals surface area contributed by atoms with Gasteiger partial charge in [-0.3, -0.25) is 9.59 Å². The third kappa shape index (κ3) is 6.62. The fraction of sp³-hybridized carbons (Fsp3) is 0.692. The van der Waals surface area contributed by atoms with E-state index in [1.165, 1.54) is 0 Å². The van der Waals surface area contributed by atoms with Gasteiger partial charge >= 0.3 is 11.9 Å². The third-order valence-corrected chi connectivity index (χ3v) is 1.85. The van der Waals surface area contributed by atoms with Crippen LogP contribution < -0.4 is 0 Å². The number of carbonyl (C=O) groups is 2. The molecule has 4 heteroatoms. The first kappa shape index (κ1) is 15.5. The summed E-state index contributed by atoms with van der Waals surface area (Å²) in [5.74, 6) is 0.341. The highest BCUT2D eigenvalue weighted by Crippen LogP contribution is 2.13.